The Labute approximate surface area is 170 Å². The quantitative estimate of drug-likeness (QED) is 0.546. The SMILES string of the molecule is O=C(NC1CCCCC1)c1ccc2c(=O)nc3c(-c4ccccc4F)n[nH]n3c2c1. The highest BCUT2D eigenvalue weighted by molar-refractivity contribution is 5.98. The van der Waals surface area contributed by atoms with Gasteiger partial charge in [0, 0.05) is 17.2 Å². The molecule has 1 aliphatic carbocycles. The Morgan fingerprint density at radius 2 is 1.93 bits per heavy atom. The van der Waals surface area contributed by atoms with Crippen molar-refractivity contribution in [3.8, 4) is 11.3 Å². The first-order valence-corrected chi connectivity index (χ1v) is 10.1. The van der Waals surface area contributed by atoms with Gasteiger partial charge in [-0.05, 0) is 43.2 Å². The highest BCUT2D eigenvalue weighted by Gasteiger charge is 2.19. The van der Waals surface area contributed by atoms with Gasteiger partial charge in [-0.25, -0.2) is 14.1 Å². The summed E-state index contributed by atoms with van der Waals surface area (Å²) < 4.78 is 15.8. The van der Waals surface area contributed by atoms with Crippen molar-refractivity contribution < 1.29 is 9.18 Å². The molecule has 30 heavy (non-hydrogen) atoms. The average Bonchev–Trinajstić information content (AvgIpc) is 3.18. The van der Waals surface area contributed by atoms with Crippen LogP contribution in [0.2, 0.25) is 0 Å². The molecule has 8 heteroatoms. The zero-order valence-corrected chi connectivity index (χ0v) is 16.2. The number of nitrogens with zero attached hydrogens (tertiary/aromatic N) is 3. The van der Waals surface area contributed by atoms with Gasteiger partial charge < -0.3 is 5.32 Å². The van der Waals surface area contributed by atoms with Crippen LogP contribution in [0.3, 0.4) is 0 Å². The number of hydrogen-bond acceptors (Lipinski definition) is 4. The maximum atomic E-state index is 14.3. The second-order valence-corrected chi connectivity index (χ2v) is 7.66. The third-order valence-corrected chi connectivity index (χ3v) is 5.69. The number of rotatable bonds is 3. The summed E-state index contributed by atoms with van der Waals surface area (Å²) in [6.45, 7) is 0. The lowest BCUT2D eigenvalue weighted by atomic mass is 9.95. The van der Waals surface area contributed by atoms with Crippen LogP contribution in [0.15, 0.2) is 47.3 Å². The minimum absolute atomic E-state index is 0.171. The molecule has 5 rings (SSSR count). The van der Waals surface area contributed by atoms with E-state index in [1.54, 1.807) is 36.4 Å². The molecule has 0 aliphatic heterocycles. The number of fused-ring (bicyclic) bond motifs is 3. The molecule has 1 fully saturated rings. The first kappa shape index (κ1) is 18.5. The number of H-pyrrole nitrogens is 1. The summed E-state index contributed by atoms with van der Waals surface area (Å²) >= 11 is 0. The fraction of sp³-hybridized carbons (Fsp3) is 0.273. The smallest absolute Gasteiger partial charge is 0.281 e. The Morgan fingerprint density at radius 1 is 1.13 bits per heavy atom. The molecule has 0 radical (unpaired) electrons. The molecule has 1 saturated carbocycles. The Balaban J connectivity index is 1.60. The number of benzene rings is 2. The fourth-order valence-corrected chi connectivity index (χ4v) is 4.12. The van der Waals surface area contributed by atoms with Crippen molar-refractivity contribution >= 4 is 22.5 Å². The number of carbonyl (C=O) groups excluding carboxylic acids is 1. The van der Waals surface area contributed by atoms with Crippen molar-refractivity contribution in [2.45, 2.75) is 38.1 Å². The summed E-state index contributed by atoms with van der Waals surface area (Å²) in [6.07, 6.45) is 5.42. The Morgan fingerprint density at radius 3 is 2.73 bits per heavy atom. The number of halogens is 1. The molecule has 2 N–H and O–H groups in total. The van der Waals surface area contributed by atoms with Crippen molar-refractivity contribution in [1.82, 2.24) is 25.1 Å². The molecule has 4 aromatic rings. The van der Waals surface area contributed by atoms with Crippen LogP contribution in [0.4, 0.5) is 4.39 Å². The summed E-state index contributed by atoms with van der Waals surface area (Å²) in [5, 5.41) is 10.4. The number of carbonyl (C=O) groups is 1. The van der Waals surface area contributed by atoms with Crippen molar-refractivity contribution in [3.63, 3.8) is 0 Å². The van der Waals surface area contributed by atoms with Gasteiger partial charge in [0.1, 0.15) is 11.5 Å². The lowest BCUT2D eigenvalue weighted by molar-refractivity contribution is 0.0928. The van der Waals surface area contributed by atoms with Crippen LogP contribution in [0, 0.1) is 5.82 Å². The van der Waals surface area contributed by atoms with Gasteiger partial charge in [0.2, 0.25) is 0 Å². The molecule has 152 valence electrons. The molecule has 0 unspecified atom stereocenters. The summed E-state index contributed by atoms with van der Waals surface area (Å²) in [7, 11) is 0. The van der Waals surface area contributed by atoms with Gasteiger partial charge in [-0.3, -0.25) is 9.59 Å². The first-order valence-electron chi connectivity index (χ1n) is 10.1. The summed E-state index contributed by atoms with van der Waals surface area (Å²) in [4.78, 5) is 29.5. The third kappa shape index (κ3) is 3.14. The maximum Gasteiger partial charge on any atom is 0.281 e. The molecule has 1 amide bonds. The van der Waals surface area contributed by atoms with Gasteiger partial charge >= 0.3 is 0 Å². The Bertz CT molecular complexity index is 1320. The van der Waals surface area contributed by atoms with Crippen molar-refractivity contribution in [2.75, 3.05) is 0 Å². The Kier molecular flexibility index (Phi) is 4.54. The Hall–Kier alpha value is -3.55. The van der Waals surface area contributed by atoms with E-state index in [0.717, 1.165) is 25.7 Å². The lowest BCUT2D eigenvalue weighted by Gasteiger charge is -2.22. The molecule has 2 heterocycles. The van der Waals surface area contributed by atoms with Gasteiger partial charge in [-0.1, -0.05) is 31.4 Å². The number of nitrogens with one attached hydrogen (secondary N) is 2. The second-order valence-electron chi connectivity index (χ2n) is 7.66. The molecule has 2 aromatic carbocycles. The summed E-state index contributed by atoms with van der Waals surface area (Å²) in [5.41, 5.74) is 1.16. The van der Waals surface area contributed by atoms with E-state index in [1.165, 1.54) is 17.0 Å². The predicted molar refractivity (Wildman–Crippen MR) is 111 cm³/mol. The molecule has 2 aromatic heterocycles. The van der Waals surface area contributed by atoms with E-state index in [4.69, 9.17) is 0 Å². The zero-order valence-electron chi connectivity index (χ0n) is 16.2. The minimum atomic E-state index is -0.457. The molecule has 0 saturated heterocycles. The second kappa shape index (κ2) is 7.37. The number of hydrogen-bond donors (Lipinski definition) is 2. The topological polar surface area (TPSA) is 92.2 Å². The molecule has 1 aliphatic rings. The van der Waals surface area contributed by atoms with Crippen LogP contribution < -0.4 is 10.9 Å². The van der Waals surface area contributed by atoms with Crippen LogP contribution in [-0.2, 0) is 0 Å². The average molecular weight is 405 g/mol. The highest BCUT2D eigenvalue weighted by atomic mass is 19.1. The van der Waals surface area contributed by atoms with Crippen LogP contribution >= 0.6 is 0 Å². The van der Waals surface area contributed by atoms with Crippen molar-refractivity contribution in [1.29, 1.82) is 0 Å². The van der Waals surface area contributed by atoms with E-state index in [2.05, 4.69) is 20.6 Å². The largest absolute Gasteiger partial charge is 0.349 e. The van der Waals surface area contributed by atoms with Crippen LogP contribution in [-0.4, -0.2) is 31.8 Å². The zero-order chi connectivity index (χ0) is 20.7. The predicted octanol–water partition coefficient (Wildman–Crippen LogP) is 3.44. The van der Waals surface area contributed by atoms with Gasteiger partial charge in [0.25, 0.3) is 11.5 Å². The maximum absolute atomic E-state index is 14.3. The lowest BCUT2D eigenvalue weighted by Crippen LogP contribution is -2.36. The molecule has 0 spiro atoms. The van der Waals surface area contributed by atoms with Crippen molar-refractivity contribution in [2.24, 2.45) is 0 Å². The molecular formula is C22H20FN5O2. The van der Waals surface area contributed by atoms with Crippen LogP contribution in [0.1, 0.15) is 42.5 Å². The molecule has 0 bridgehead atoms. The molecule has 0 atom stereocenters. The van der Waals surface area contributed by atoms with Crippen LogP contribution in [0.5, 0.6) is 0 Å². The van der Waals surface area contributed by atoms with Gasteiger partial charge in [-0.2, -0.15) is 10.1 Å². The first-order chi connectivity index (χ1) is 14.6. The van der Waals surface area contributed by atoms with E-state index in [9.17, 15) is 14.0 Å². The highest BCUT2D eigenvalue weighted by Crippen LogP contribution is 2.25. The van der Waals surface area contributed by atoms with E-state index in [0.29, 0.717) is 16.5 Å². The van der Waals surface area contributed by atoms with Crippen LogP contribution in [0.25, 0.3) is 27.8 Å². The van der Waals surface area contributed by atoms with E-state index < -0.39 is 11.4 Å². The monoisotopic (exact) mass is 405 g/mol. The standard InChI is InChI=1S/C22H20FN5O2/c23-17-9-5-4-8-15(17)19-20-25-22(30)16-11-10-13(12-18(16)28(20)27-26-19)21(29)24-14-6-2-1-3-7-14/h4-5,8-12,14,27H,1-3,6-7H2,(H,24,29). The normalized spacial score (nSPS) is 15.0. The molecule has 7 nitrogen and oxygen atoms in total. The van der Waals surface area contributed by atoms with Gasteiger partial charge in [0.15, 0.2) is 5.65 Å². The molecular weight excluding hydrogens is 385 g/mol. The number of amides is 1. The van der Waals surface area contributed by atoms with Crippen molar-refractivity contribution in [3.05, 3.63) is 64.2 Å². The van der Waals surface area contributed by atoms with Gasteiger partial charge in [-0.15, -0.1) is 0 Å². The van der Waals surface area contributed by atoms with E-state index in [1.807, 2.05) is 0 Å². The van der Waals surface area contributed by atoms with E-state index >= 15 is 0 Å². The number of aromatic nitrogens is 4. The number of aromatic amines is 1. The minimum Gasteiger partial charge on any atom is -0.349 e. The van der Waals surface area contributed by atoms with E-state index in [-0.39, 0.29) is 28.9 Å². The van der Waals surface area contributed by atoms with Gasteiger partial charge in [0.05, 0.1) is 10.9 Å². The fourth-order valence-electron chi connectivity index (χ4n) is 4.12. The summed E-state index contributed by atoms with van der Waals surface area (Å²) in [6, 6.07) is 11.2. The summed E-state index contributed by atoms with van der Waals surface area (Å²) in [5.74, 6) is -0.628. The third-order valence-electron chi connectivity index (χ3n) is 5.69.